The molecule has 3 aromatic rings. The Bertz CT molecular complexity index is 1380. The second kappa shape index (κ2) is 12.3. The number of nitro benzene ring substituents is 1. The van der Waals surface area contributed by atoms with Crippen LogP contribution in [0.3, 0.4) is 0 Å². The van der Waals surface area contributed by atoms with E-state index in [0.29, 0.717) is 6.42 Å². The number of likely N-dealkylation sites (N-methyl/N-ethyl adjacent to an activating group) is 1. The molecule has 38 heavy (non-hydrogen) atoms. The van der Waals surface area contributed by atoms with E-state index in [4.69, 9.17) is 0 Å². The van der Waals surface area contributed by atoms with E-state index >= 15 is 0 Å². The lowest BCUT2D eigenvalue weighted by Crippen LogP contribution is -2.51. The molecule has 0 saturated heterocycles. The Labute approximate surface area is 222 Å². The van der Waals surface area contributed by atoms with Gasteiger partial charge in [0.1, 0.15) is 12.6 Å². The standard InChI is InChI=1S/C27H30N4O6S/c1-4-25(27(33)28-3)29(18-21-12-10-20(2)11-13-21)26(32)19-30(22-14-16-23(17-15-22)31(34)35)38(36,37)24-8-6-5-7-9-24/h5-17,25H,4,18-19H2,1-3H3,(H,28,33)/t25-/m1/s1. The van der Waals surface area contributed by atoms with Crippen LogP contribution in [0.1, 0.15) is 24.5 Å². The minimum atomic E-state index is -4.24. The Balaban J connectivity index is 2.06. The van der Waals surface area contributed by atoms with Gasteiger partial charge in [-0.2, -0.15) is 0 Å². The third-order valence-electron chi connectivity index (χ3n) is 6.06. The summed E-state index contributed by atoms with van der Waals surface area (Å²) in [5.41, 5.74) is 1.67. The van der Waals surface area contributed by atoms with E-state index in [1.807, 2.05) is 31.2 Å². The number of hydrogen-bond acceptors (Lipinski definition) is 6. The zero-order valence-corrected chi connectivity index (χ0v) is 22.2. The van der Waals surface area contributed by atoms with Gasteiger partial charge in [0.25, 0.3) is 15.7 Å². The lowest BCUT2D eigenvalue weighted by Gasteiger charge is -2.33. The van der Waals surface area contributed by atoms with Crippen LogP contribution in [-0.4, -0.2) is 49.7 Å². The largest absolute Gasteiger partial charge is 0.357 e. The highest BCUT2D eigenvalue weighted by Gasteiger charge is 2.33. The fraction of sp³-hybridized carbons (Fsp3) is 0.259. The maximum Gasteiger partial charge on any atom is 0.269 e. The molecule has 0 unspecified atom stereocenters. The minimum Gasteiger partial charge on any atom is -0.357 e. The second-order valence-corrected chi connectivity index (χ2v) is 10.5. The van der Waals surface area contributed by atoms with Gasteiger partial charge in [0.05, 0.1) is 15.5 Å². The number of nitrogens with zero attached hydrogens (tertiary/aromatic N) is 3. The highest BCUT2D eigenvalue weighted by atomic mass is 32.2. The molecule has 1 atom stereocenters. The Hall–Kier alpha value is -4.25. The van der Waals surface area contributed by atoms with Gasteiger partial charge in [-0.1, -0.05) is 55.0 Å². The zero-order valence-electron chi connectivity index (χ0n) is 21.4. The van der Waals surface area contributed by atoms with Crippen LogP contribution >= 0.6 is 0 Å². The predicted octanol–water partition coefficient (Wildman–Crippen LogP) is 3.65. The van der Waals surface area contributed by atoms with Gasteiger partial charge in [-0.15, -0.1) is 0 Å². The summed E-state index contributed by atoms with van der Waals surface area (Å²) in [6.45, 7) is 3.17. The first kappa shape index (κ1) is 28.3. The first-order valence-corrected chi connectivity index (χ1v) is 13.4. The van der Waals surface area contributed by atoms with Crippen molar-refractivity contribution < 1.29 is 22.9 Å². The van der Waals surface area contributed by atoms with Crippen molar-refractivity contribution in [2.75, 3.05) is 17.9 Å². The number of aryl methyl sites for hydroxylation is 1. The topological polar surface area (TPSA) is 130 Å². The van der Waals surface area contributed by atoms with Crippen molar-refractivity contribution in [3.8, 4) is 0 Å². The van der Waals surface area contributed by atoms with Crippen LogP contribution in [0.4, 0.5) is 11.4 Å². The van der Waals surface area contributed by atoms with Crippen molar-refractivity contribution in [1.82, 2.24) is 10.2 Å². The monoisotopic (exact) mass is 538 g/mol. The summed E-state index contributed by atoms with van der Waals surface area (Å²) in [6, 6.07) is 19.2. The van der Waals surface area contributed by atoms with Crippen molar-refractivity contribution in [3.05, 3.63) is 100 Å². The van der Waals surface area contributed by atoms with Crippen molar-refractivity contribution in [1.29, 1.82) is 0 Å². The van der Waals surface area contributed by atoms with Crippen molar-refractivity contribution >= 4 is 33.2 Å². The molecule has 3 rings (SSSR count). The average Bonchev–Trinajstić information content (AvgIpc) is 2.92. The van der Waals surface area contributed by atoms with Gasteiger partial charge in [-0.25, -0.2) is 8.42 Å². The molecule has 2 amide bonds. The van der Waals surface area contributed by atoms with Gasteiger partial charge in [0.2, 0.25) is 11.8 Å². The lowest BCUT2D eigenvalue weighted by atomic mass is 10.1. The maximum absolute atomic E-state index is 13.8. The van der Waals surface area contributed by atoms with E-state index in [-0.39, 0.29) is 28.7 Å². The van der Waals surface area contributed by atoms with E-state index in [0.717, 1.165) is 15.4 Å². The van der Waals surface area contributed by atoms with Crippen LogP contribution in [0.15, 0.2) is 83.8 Å². The molecule has 0 aliphatic carbocycles. The Kier molecular flexibility index (Phi) is 9.19. The molecule has 0 aliphatic rings. The number of anilines is 1. The van der Waals surface area contributed by atoms with Crippen LogP contribution in [0, 0.1) is 17.0 Å². The normalized spacial score (nSPS) is 11.9. The number of non-ortho nitro benzene ring substituents is 1. The van der Waals surface area contributed by atoms with E-state index in [2.05, 4.69) is 5.32 Å². The summed E-state index contributed by atoms with van der Waals surface area (Å²) < 4.78 is 28.3. The maximum atomic E-state index is 13.8. The number of nitrogens with one attached hydrogen (secondary N) is 1. The summed E-state index contributed by atoms with van der Waals surface area (Å²) in [7, 11) is -2.76. The van der Waals surface area contributed by atoms with Gasteiger partial charge >= 0.3 is 0 Å². The molecule has 0 radical (unpaired) electrons. The molecule has 0 aromatic heterocycles. The number of nitro groups is 1. The molecule has 0 fully saturated rings. The van der Waals surface area contributed by atoms with E-state index < -0.39 is 33.4 Å². The Morgan fingerprint density at radius 1 is 0.974 bits per heavy atom. The van der Waals surface area contributed by atoms with Gasteiger partial charge in [-0.3, -0.25) is 24.0 Å². The number of sulfonamides is 1. The van der Waals surface area contributed by atoms with Gasteiger partial charge in [0.15, 0.2) is 0 Å². The minimum absolute atomic E-state index is 0.0467. The first-order valence-electron chi connectivity index (χ1n) is 12.0. The molecule has 10 nitrogen and oxygen atoms in total. The van der Waals surface area contributed by atoms with Crippen molar-refractivity contribution in [3.63, 3.8) is 0 Å². The molecule has 11 heteroatoms. The van der Waals surface area contributed by atoms with Crippen LogP contribution in [0.25, 0.3) is 0 Å². The predicted molar refractivity (Wildman–Crippen MR) is 144 cm³/mol. The molecule has 0 saturated carbocycles. The summed E-state index contributed by atoms with van der Waals surface area (Å²) in [6.07, 6.45) is 0.306. The van der Waals surface area contributed by atoms with E-state index in [1.165, 1.54) is 48.3 Å². The van der Waals surface area contributed by atoms with Gasteiger partial charge < -0.3 is 10.2 Å². The summed E-state index contributed by atoms with van der Waals surface area (Å²) >= 11 is 0. The lowest BCUT2D eigenvalue weighted by molar-refractivity contribution is -0.384. The number of benzene rings is 3. The second-order valence-electron chi connectivity index (χ2n) is 8.64. The SMILES string of the molecule is CC[C@H](C(=O)NC)N(Cc1ccc(C)cc1)C(=O)CN(c1ccc([N+](=O)[O-])cc1)S(=O)(=O)c1ccccc1. The smallest absolute Gasteiger partial charge is 0.269 e. The summed E-state index contributed by atoms with van der Waals surface area (Å²) in [4.78, 5) is 38.4. The quantitative estimate of drug-likeness (QED) is 0.293. The highest BCUT2D eigenvalue weighted by Crippen LogP contribution is 2.26. The number of amides is 2. The number of carbonyl (C=O) groups is 2. The molecule has 0 heterocycles. The first-order chi connectivity index (χ1) is 18.1. The summed E-state index contributed by atoms with van der Waals surface area (Å²) in [5.74, 6) is -0.973. The third kappa shape index (κ3) is 6.54. The van der Waals surface area contributed by atoms with Crippen LogP contribution in [0.2, 0.25) is 0 Å². The van der Waals surface area contributed by atoms with Crippen molar-refractivity contribution in [2.45, 2.75) is 37.8 Å². The number of rotatable bonds is 11. The van der Waals surface area contributed by atoms with Crippen LogP contribution in [0.5, 0.6) is 0 Å². The fourth-order valence-corrected chi connectivity index (χ4v) is 5.40. The Morgan fingerprint density at radius 2 is 1.58 bits per heavy atom. The number of carbonyl (C=O) groups excluding carboxylic acids is 2. The van der Waals surface area contributed by atoms with E-state index in [1.54, 1.807) is 25.1 Å². The fourth-order valence-electron chi connectivity index (χ4n) is 3.97. The Morgan fingerprint density at radius 3 is 2.11 bits per heavy atom. The van der Waals surface area contributed by atoms with Gasteiger partial charge in [0, 0.05) is 25.7 Å². The summed E-state index contributed by atoms with van der Waals surface area (Å²) in [5, 5.41) is 13.7. The van der Waals surface area contributed by atoms with Crippen molar-refractivity contribution in [2.24, 2.45) is 0 Å². The average molecular weight is 539 g/mol. The molecule has 0 aliphatic heterocycles. The molecular formula is C27H30N4O6S. The number of hydrogen-bond donors (Lipinski definition) is 1. The molecule has 3 aromatic carbocycles. The molecule has 0 spiro atoms. The van der Waals surface area contributed by atoms with Gasteiger partial charge in [-0.05, 0) is 43.2 Å². The molecule has 0 bridgehead atoms. The third-order valence-corrected chi connectivity index (χ3v) is 7.85. The molecule has 1 N–H and O–H groups in total. The zero-order chi connectivity index (χ0) is 27.9. The molecule has 200 valence electrons. The van der Waals surface area contributed by atoms with Crippen LogP contribution < -0.4 is 9.62 Å². The highest BCUT2D eigenvalue weighted by molar-refractivity contribution is 7.92. The van der Waals surface area contributed by atoms with E-state index in [9.17, 15) is 28.1 Å². The van der Waals surface area contributed by atoms with Crippen LogP contribution in [-0.2, 0) is 26.2 Å². The molecular weight excluding hydrogens is 508 g/mol.